The van der Waals surface area contributed by atoms with Gasteiger partial charge >= 0.3 is 0 Å². The number of ether oxygens (including phenoxy) is 1. The second-order valence-electron chi connectivity index (χ2n) is 8.26. The fraction of sp³-hybridized carbons (Fsp3) is 0.429. The molecule has 8 nitrogen and oxygen atoms in total. The van der Waals surface area contributed by atoms with Gasteiger partial charge in [-0.25, -0.2) is 10.1 Å². The quantitative estimate of drug-likeness (QED) is 0.608. The summed E-state index contributed by atoms with van der Waals surface area (Å²) in [7, 11) is -3.92. The number of benzene rings is 1. The van der Waals surface area contributed by atoms with Crippen molar-refractivity contribution >= 4 is 33.4 Å². The molecule has 0 bridgehead atoms. The van der Waals surface area contributed by atoms with Crippen molar-refractivity contribution in [1.29, 1.82) is 0 Å². The van der Waals surface area contributed by atoms with Crippen LogP contribution in [0.1, 0.15) is 44.7 Å². The van der Waals surface area contributed by atoms with Gasteiger partial charge in [-0.3, -0.25) is 4.79 Å². The van der Waals surface area contributed by atoms with Crippen molar-refractivity contribution in [2.45, 2.75) is 45.1 Å². The van der Waals surface area contributed by atoms with Crippen LogP contribution in [0.2, 0.25) is 5.15 Å². The first-order chi connectivity index (χ1) is 14.4. The van der Waals surface area contributed by atoms with Gasteiger partial charge in [0.05, 0.1) is 12.3 Å². The summed E-state index contributed by atoms with van der Waals surface area (Å²) < 4.78 is 30.6. The normalized spacial score (nSPS) is 16.3. The Kier molecular flexibility index (Phi) is 6.61. The molecule has 0 spiro atoms. The highest BCUT2D eigenvalue weighted by Gasteiger charge is 2.54. The number of aromatic nitrogens is 1. The van der Waals surface area contributed by atoms with Gasteiger partial charge in [-0.1, -0.05) is 49.7 Å². The van der Waals surface area contributed by atoms with E-state index in [1.165, 1.54) is 12.3 Å². The summed E-state index contributed by atoms with van der Waals surface area (Å²) in [5, 5.41) is 8.42. The van der Waals surface area contributed by atoms with Gasteiger partial charge in [0.1, 0.15) is 22.0 Å². The summed E-state index contributed by atoms with van der Waals surface area (Å²) in [5.41, 5.74) is 1.01. The molecule has 10 heteroatoms. The zero-order valence-electron chi connectivity index (χ0n) is 17.9. The van der Waals surface area contributed by atoms with Gasteiger partial charge in [0.2, 0.25) is 5.91 Å². The van der Waals surface area contributed by atoms with Crippen LogP contribution in [0.15, 0.2) is 36.5 Å². The van der Waals surface area contributed by atoms with E-state index < -0.39 is 15.6 Å². The van der Waals surface area contributed by atoms with E-state index in [-0.39, 0.29) is 36.2 Å². The lowest BCUT2D eigenvalue weighted by atomic mass is 9.71. The highest BCUT2D eigenvalue weighted by atomic mass is 35.5. The van der Waals surface area contributed by atoms with Crippen LogP contribution in [0.25, 0.3) is 0 Å². The first-order valence-corrected chi connectivity index (χ1v) is 11.8. The van der Waals surface area contributed by atoms with Crippen LogP contribution in [-0.4, -0.2) is 42.8 Å². The Morgan fingerprint density at radius 3 is 2.48 bits per heavy atom. The number of carbonyl (C=O) groups is 1. The first-order valence-electron chi connectivity index (χ1n) is 9.95. The molecular weight excluding hydrogens is 440 g/mol. The lowest BCUT2D eigenvalue weighted by Crippen LogP contribution is -2.67. The largest absolute Gasteiger partial charge is 0.489 e. The molecule has 3 N–H and O–H groups in total. The highest BCUT2D eigenvalue weighted by Crippen LogP contribution is 2.41. The Balaban J connectivity index is 2.02. The molecule has 0 radical (unpaired) electrons. The summed E-state index contributed by atoms with van der Waals surface area (Å²) in [6.07, 6.45) is 1.28. The molecule has 2 aromatic rings. The molecular formula is C21H27ClN4O4S. The second kappa shape index (κ2) is 8.74. The van der Waals surface area contributed by atoms with Crippen molar-refractivity contribution in [2.24, 2.45) is 5.14 Å². The molecule has 1 fully saturated rings. The summed E-state index contributed by atoms with van der Waals surface area (Å²) in [6, 6.07) is 9.08. The third-order valence-electron chi connectivity index (χ3n) is 5.23. The van der Waals surface area contributed by atoms with E-state index in [4.69, 9.17) is 21.5 Å². The van der Waals surface area contributed by atoms with Gasteiger partial charge in [-0.05, 0) is 30.9 Å². The molecule has 0 atom stereocenters. The molecule has 1 saturated heterocycles. The van der Waals surface area contributed by atoms with E-state index in [0.717, 1.165) is 15.4 Å². The lowest BCUT2D eigenvalue weighted by molar-refractivity contribution is -0.125. The molecule has 3 rings (SSSR count). The van der Waals surface area contributed by atoms with Crippen molar-refractivity contribution in [2.75, 3.05) is 18.4 Å². The molecule has 168 valence electrons. The zero-order valence-corrected chi connectivity index (χ0v) is 19.5. The maximum absolute atomic E-state index is 13.6. The molecule has 2 heterocycles. The number of pyridine rings is 1. The van der Waals surface area contributed by atoms with E-state index >= 15 is 0 Å². The predicted octanol–water partition coefficient (Wildman–Crippen LogP) is 3.04. The van der Waals surface area contributed by atoms with Crippen LogP contribution in [-0.2, 0) is 20.4 Å². The Morgan fingerprint density at radius 1 is 1.26 bits per heavy atom. The minimum Gasteiger partial charge on any atom is -0.489 e. The summed E-state index contributed by atoms with van der Waals surface area (Å²) in [4.78, 5) is 17.6. The molecule has 1 aliphatic rings. The van der Waals surface area contributed by atoms with Crippen molar-refractivity contribution in [3.8, 4) is 5.75 Å². The van der Waals surface area contributed by atoms with Gasteiger partial charge in [0.15, 0.2) is 0 Å². The Hall–Kier alpha value is -2.20. The second-order valence-corrected chi connectivity index (χ2v) is 10.2. The average molecular weight is 467 g/mol. The number of anilines is 1. The zero-order chi connectivity index (χ0) is 23.0. The maximum atomic E-state index is 13.6. The number of amides is 1. The van der Waals surface area contributed by atoms with Gasteiger partial charge in [0.25, 0.3) is 10.2 Å². The maximum Gasteiger partial charge on any atom is 0.276 e. The van der Waals surface area contributed by atoms with Crippen LogP contribution in [0.5, 0.6) is 5.75 Å². The van der Waals surface area contributed by atoms with Crippen LogP contribution in [0, 0.1) is 0 Å². The monoisotopic (exact) mass is 466 g/mol. The molecule has 1 aromatic heterocycles. The Bertz CT molecular complexity index is 1080. The van der Waals surface area contributed by atoms with Crippen molar-refractivity contribution in [1.82, 2.24) is 9.29 Å². The molecule has 1 aliphatic heterocycles. The number of nitrogens with one attached hydrogen (secondary N) is 1. The standard InChI is InChI=1S/C21H27ClN4O4S/c1-13(2)15-7-5-6-8-16(15)21(11-26(12-21)31(23,28)29)20(27)25-17-10-24-19(22)9-18(17)30-14(3)4/h5-10,13-14H,11-12H2,1-4H3,(H,25,27)(H2,23,28,29). The van der Waals surface area contributed by atoms with Crippen molar-refractivity contribution in [3.63, 3.8) is 0 Å². The molecule has 1 aromatic carbocycles. The predicted molar refractivity (Wildman–Crippen MR) is 121 cm³/mol. The number of halogens is 1. The molecule has 0 saturated carbocycles. The van der Waals surface area contributed by atoms with E-state index in [0.29, 0.717) is 11.4 Å². The Labute approximate surface area is 187 Å². The number of nitrogens with zero attached hydrogens (tertiary/aromatic N) is 2. The third kappa shape index (κ3) is 4.85. The summed E-state index contributed by atoms with van der Waals surface area (Å²) >= 11 is 5.99. The van der Waals surface area contributed by atoms with Crippen LogP contribution in [0.3, 0.4) is 0 Å². The van der Waals surface area contributed by atoms with E-state index in [1.54, 1.807) is 0 Å². The smallest absolute Gasteiger partial charge is 0.276 e. The average Bonchev–Trinajstić information content (AvgIpc) is 2.62. The number of hydrogen-bond acceptors (Lipinski definition) is 5. The minimum absolute atomic E-state index is 0.0528. The minimum atomic E-state index is -3.92. The highest BCUT2D eigenvalue weighted by molar-refractivity contribution is 7.86. The first kappa shape index (κ1) is 23.5. The molecule has 0 aliphatic carbocycles. The van der Waals surface area contributed by atoms with E-state index in [1.807, 2.05) is 52.0 Å². The fourth-order valence-electron chi connectivity index (χ4n) is 3.71. The van der Waals surface area contributed by atoms with Crippen LogP contribution < -0.4 is 15.2 Å². The van der Waals surface area contributed by atoms with Gasteiger partial charge in [0, 0.05) is 19.2 Å². The molecule has 31 heavy (non-hydrogen) atoms. The topological polar surface area (TPSA) is 115 Å². The lowest BCUT2D eigenvalue weighted by Gasteiger charge is -2.48. The van der Waals surface area contributed by atoms with Crippen LogP contribution >= 0.6 is 11.6 Å². The van der Waals surface area contributed by atoms with E-state index in [2.05, 4.69) is 10.3 Å². The third-order valence-corrected chi connectivity index (χ3v) is 6.41. The SMILES string of the molecule is CC(C)Oc1cc(Cl)ncc1NC(=O)C1(c2ccccc2C(C)C)CN(S(N)(=O)=O)C1. The molecule has 1 amide bonds. The van der Waals surface area contributed by atoms with Crippen molar-refractivity contribution in [3.05, 3.63) is 52.8 Å². The van der Waals surface area contributed by atoms with Gasteiger partial charge < -0.3 is 10.1 Å². The summed E-state index contributed by atoms with van der Waals surface area (Å²) in [6.45, 7) is 7.66. The fourth-order valence-corrected chi connectivity index (χ4v) is 4.66. The van der Waals surface area contributed by atoms with Gasteiger partial charge in [-0.2, -0.15) is 12.7 Å². The number of hydrogen-bond donors (Lipinski definition) is 2. The summed E-state index contributed by atoms with van der Waals surface area (Å²) in [5.74, 6) is 0.165. The van der Waals surface area contributed by atoms with Gasteiger partial charge in [-0.15, -0.1) is 0 Å². The number of carbonyl (C=O) groups excluding carboxylic acids is 1. The molecule has 0 unspecified atom stereocenters. The number of nitrogens with two attached hydrogens (primary N) is 1. The number of rotatable bonds is 7. The Morgan fingerprint density at radius 2 is 1.90 bits per heavy atom. The van der Waals surface area contributed by atoms with Crippen molar-refractivity contribution < 1.29 is 17.9 Å². The van der Waals surface area contributed by atoms with E-state index in [9.17, 15) is 13.2 Å². The van der Waals surface area contributed by atoms with Crippen LogP contribution in [0.4, 0.5) is 5.69 Å².